The van der Waals surface area contributed by atoms with Crippen LogP contribution < -0.4 is 5.32 Å². The van der Waals surface area contributed by atoms with Crippen LogP contribution in [0.4, 0.5) is 4.39 Å². The fraction of sp³-hybridized carbons (Fsp3) is 0.343. The van der Waals surface area contributed by atoms with Gasteiger partial charge in [-0.25, -0.2) is 9.37 Å². The lowest BCUT2D eigenvalue weighted by Crippen LogP contribution is -2.41. The molecule has 212 valence electrons. The van der Waals surface area contributed by atoms with Gasteiger partial charge in [-0.1, -0.05) is 93.6 Å². The van der Waals surface area contributed by atoms with Crippen LogP contribution in [0.1, 0.15) is 67.6 Å². The van der Waals surface area contributed by atoms with E-state index in [0.717, 1.165) is 36.0 Å². The molecule has 6 heteroatoms. The SMILES string of the molecule is CCC(NC(=O)c1c(CC2CCN(C(=O)C(C)C)CC2)c(-c2ccccc2)nc2c(F)cccc12)c1ccccc1. The molecule has 0 spiro atoms. The second-order valence-corrected chi connectivity index (χ2v) is 11.3. The normalized spacial score (nSPS) is 14.8. The van der Waals surface area contributed by atoms with Crippen LogP contribution in [0.5, 0.6) is 0 Å². The number of fused-ring (bicyclic) bond motifs is 1. The molecule has 0 radical (unpaired) electrons. The van der Waals surface area contributed by atoms with Gasteiger partial charge in [0.05, 0.1) is 17.3 Å². The summed E-state index contributed by atoms with van der Waals surface area (Å²) in [5, 5.41) is 3.78. The number of halogens is 1. The first-order valence-electron chi connectivity index (χ1n) is 14.7. The summed E-state index contributed by atoms with van der Waals surface area (Å²) >= 11 is 0. The van der Waals surface area contributed by atoms with Crippen LogP contribution in [-0.2, 0) is 11.2 Å². The summed E-state index contributed by atoms with van der Waals surface area (Å²) in [5.41, 5.74) is 4.04. The molecule has 0 bridgehead atoms. The zero-order valence-electron chi connectivity index (χ0n) is 24.1. The van der Waals surface area contributed by atoms with E-state index in [1.54, 1.807) is 12.1 Å². The third kappa shape index (κ3) is 6.17. The number of para-hydroxylation sites is 1. The van der Waals surface area contributed by atoms with Gasteiger partial charge in [0.15, 0.2) is 0 Å². The minimum Gasteiger partial charge on any atom is -0.345 e. The first-order valence-corrected chi connectivity index (χ1v) is 14.7. The topological polar surface area (TPSA) is 62.3 Å². The maximum absolute atomic E-state index is 15.3. The van der Waals surface area contributed by atoms with E-state index in [4.69, 9.17) is 4.98 Å². The summed E-state index contributed by atoms with van der Waals surface area (Å²) in [7, 11) is 0. The highest BCUT2D eigenvalue weighted by molar-refractivity contribution is 6.09. The minimum atomic E-state index is -0.448. The Morgan fingerprint density at radius 2 is 1.61 bits per heavy atom. The molecule has 2 heterocycles. The van der Waals surface area contributed by atoms with Gasteiger partial charge in [-0.2, -0.15) is 0 Å². The van der Waals surface area contributed by atoms with Gasteiger partial charge < -0.3 is 10.2 Å². The molecule has 2 amide bonds. The quantitative estimate of drug-likeness (QED) is 0.249. The molecular formula is C35H38FN3O2. The average molecular weight is 552 g/mol. The lowest BCUT2D eigenvalue weighted by Gasteiger charge is -2.33. The van der Waals surface area contributed by atoms with Crippen molar-refractivity contribution in [3.63, 3.8) is 0 Å². The number of likely N-dealkylation sites (tertiary alicyclic amines) is 1. The Bertz CT molecular complexity index is 1510. The van der Waals surface area contributed by atoms with Gasteiger partial charge in [0.2, 0.25) is 5.91 Å². The van der Waals surface area contributed by atoms with E-state index in [1.807, 2.05) is 86.3 Å². The van der Waals surface area contributed by atoms with E-state index >= 15 is 4.39 Å². The summed E-state index contributed by atoms with van der Waals surface area (Å²) in [5.74, 6) is -0.247. The zero-order chi connectivity index (χ0) is 28.9. The maximum atomic E-state index is 15.3. The average Bonchev–Trinajstić information content (AvgIpc) is 3.00. The summed E-state index contributed by atoms with van der Waals surface area (Å²) in [6.45, 7) is 7.32. The van der Waals surface area contributed by atoms with Crippen molar-refractivity contribution >= 4 is 22.7 Å². The fourth-order valence-corrected chi connectivity index (χ4v) is 5.93. The molecule has 1 fully saturated rings. The third-order valence-electron chi connectivity index (χ3n) is 8.17. The molecule has 0 saturated carbocycles. The van der Waals surface area contributed by atoms with Gasteiger partial charge in [0, 0.05) is 30.0 Å². The molecule has 3 aromatic carbocycles. The van der Waals surface area contributed by atoms with Crippen molar-refractivity contribution in [1.29, 1.82) is 0 Å². The second kappa shape index (κ2) is 12.6. The minimum absolute atomic E-state index is 0.0257. The fourth-order valence-electron chi connectivity index (χ4n) is 5.93. The number of pyridine rings is 1. The van der Waals surface area contributed by atoms with Crippen LogP contribution in [0.15, 0.2) is 78.9 Å². The number of piperidine rings is 1. The Kier molecular flexibility index (Phi) is 8.77. The van der Waals surface area contributed by atoms with Crippen LogP contribution in [-0.4, -0.2) is 34.8 Å². The predicted molar refractivity (Wildman–Crippen MR) is 162 cm³/mol. The number of nitrogens with one attached hydrogen (secondary N) is 1. The molecule has 4 aromatic rings. The van der Waals surface area contributed by atoms with Crippen molar-refractivity contribution in [2.45, 2.75) is 52.5 Å². The highest BCUT2D eigenvalue weighted by Crippen LogP contribution is 2.35. The molecule has 1 unspecified atom stereocenters. The number of carbonyl (C=O) groups excluding carboxylic acids is 2. The Morgan fingerprint density at radius 1 is 0.951 bits per heavy atom. The molecular weight excluding hydrogens is 513 g/mol. The summed E-state index contributed by atoms with van der Waals surface area (Å²) in [4.78, 5) is 33.7. The summed E-state index contributed by atoms with van der Waals surface area (Å²) in [6, 6.07) is 24.3. The molecule has 0 aliphatic carbocycles. The van der Waals surface area contributed by atoms with Crippen molar-refractivity contribution in [3.8, 4) is 11.3 Å². The van der Waals surface area contributed by atoms with Crippen molar-refractivity contribution < 1.29 is 14.0 Å². The van der Waals surface area contributed by atoms with E-state index in [2.05, 4.69) is 5.32 Å². The number of nitrogens with zero attached hydrogens (tertiary/aromatic N) is 2. The van der Waals surface area contributed by atoms with Gasteiger partial charge in [0.25, 0.3) is 5.91 Å². The molecule has 41 heavy (non-hydrogen) atoms. The van der Waals surface area contributed by atoms with E-state index < -0.39 is 5.82 Å². The van der Waals surface area contributed by atoms with Crippen LogP contribution in [0.2, 0.25) is 0 Å². The molecule has 1 aliphatic heterocycles. The number of rotatable bonds is 8. The van der Waals surface area contributed by atoms with Crippen molar-refractivity contribution in [1.82, 2.24) is 15.2 Å². The van der Waals surface area contributed by atoms with Crippen LogP contribution in [0.25, 0.3) is 22.2 Å². The number of carbonyl (C=O) groups is 2. The first-order chi connectivity index (χ1) is 19.9. The Hall–Kier alpha value is -4.06. The smallest absolute Gasteiger partial charge is 0.252 e. The highest BCUT2D eigenvalue weighted by atomic mass is 19.1. The van der Waals surface area contributed by atoms with Gasteiger partial charge in [-0.3, -0.25) is 9.59 Å². The predicted octanol–water partition coefficient (Wildman–Crippen LogP) is 7.36. The molecule has 5 rings (SSSR count). The van der Waals surface area contributed by atoms with Crippen molar-refractivity contribution in [3.05, 3.63) is 101 Å². The Balaban J connectivity index is 1.60. The number of hydrogen-bond acceptors (Lipinski definition) is 3. The van der Waals surface area contributed by atoms with Gasteiger partial charge in [-0.15, -0.1) is 0 Å². The highest BCUT2D eigenvalue weighted by Gasteiger charge is 2.29. The Morgan fingerprint density at radius 3 is 2.24 bits per heavy atom. The standard InChI is InChI=1S/C35H38FN3O2/c1-4-30(25-12-7-5-8-13-25)37-34(40)31-27-16-11-17-29(36)33(27)38-32(26-14-9-6-10-15-26)28(31)22-24-18-20-39(21-19-24)35(41)23(2)3/h5-17,23-24,30H,4,18-22H2,1-3H3,(H,37,40). The molecule has 1 aliphatic rings. The Labute approximate surface area is 241 Å². The number of aromatic nitrogens is 1. The van der Waals surface area contributed by atoms with Gasteiger partial charge in [-0.05, 0) is 48.8 Å². The first kappa shape index (κ1) is 28.5. The van der Waals surface area contributed by atoms with Crippen molar-refractivity contribution in [2.75, 3.05) is 13.1 Å². The molecule has 1 aromatic heterocycles. The lowest BCUT2D eigenvalue weighted by atomic mass is 9.84. The van der Waals surface area contributed by atoms with E-state index in [-0.39, 0.29) is 35.2 Å². The third-order valence-corrected chi connectivity index (χ3v) is 8.17. The molecule has 5 nitrogen and oxygen atoms in total. The molecule has 1 saturated heterocycles. The van der Waals surface area contributed by atoms with Gasteiger partial charge >= 0.3 is 0 Å². The molecule has 1 atom stereocenters. The second-order valence-electron chi connectivity index (χ2n) is 11.3. The molecule has 1 N–H and O–H groups in total. The number of amides is 2. The van der Waals surface area contributed by atoms with E-state index in [9.17, 15) is 9.59 Å². The summed E-state index contributed by atoms with van der Waals surface area (Å²) < 4.78 is 15.3. The van der Waals surface area contributed by atoms with E-state index in [0.29, 0.717) is 36.2 Å². The van der Waals surface area contributed by atoms with Crippen LogP contribution in [0.3, 0.4) is 0 Å². The number of hydrogen-bond donors (Lipinski definition) is 1. The van der Waals surface area contributed by atoms with Crippen LogP contribution >= 0.6 is 0 Å². The van der Waals surface area contributed by atoms with Crippen molar-refractivity contribution in [2.24, 2.45) is 11.8 Å². The largest absolute Gasteiger partial charge is 0.345 e. The number of benzene rings is 3. The van der Waals surface area contributed by atoms with Gasteiger partial charge in [0.1, 0.15) is 11.3 Å². The maximum Gasteiger partial charge on any atom is 0.252 e. The monoisotopic (exact) mass is 551 g/mol. The van der Waals surface area contributed by atoms with Crippen LogP contribution in [0, 0.1) is 17.7 Å². The lowest BCUT2D eigenvalue weighted by molar-refractivity contribution is -0.135. The summed E-state index contributed by atoms with van der Waals surface area (Å²) in [6.07, 6.45) is 3.03. The zero-order valence-corrected chi connectivity index (χ0v) is 24.1. The van der Waals surface area contributed by atoms with E-state index in [1.165, 1.54) is 6.07 Å².